The zero-order chi connectivity index (χ0) is 47.9. The lowest BCUT2D eigenvalue weighted by Crippen LogP contribution is -2.32. The predicted molar refractivity (Wildman–Crippen MR) is 247 cm³/mol. The number of nitrogens with one attached hydrogen (secondary N) is 3. The van der Waals surface area contributed by atoms with E-state index in [-0.39, 0.29) is 42.8 Å². The Hall–Kier alpha value is -5.22. The monoisotopic (exact) mass is 975 g/mol. The van der Waals surface area contributed by atoms with E-state index in [0.29, 0.717) is 63.2 Å². The first-order valence-electron chi connectivity index (χ1n) is 19.5. The van der Waals surface area contributed by atoms with Crippen molar-refractivity contribution in [1.82, 2.24) is 20.6 Å². The number of nitrogens with zero attached hydrogens (tertiary/aromatic N) is 4. The Balaban J connectivity index is 0.000000572. The summed E-state index contributed by atoms with van der Waals surface area (Å²) in [6.45, 7) is 7.15. The van der Waals surface area contributed by atoms with Gasteiger partial charge < -0.3 is 41.1 Å². The number of aliphatic hydroxyl groups is 4. The molecule has 0 saturated carbocycles. The molecule has 20 nitrogen and oxygen atoms in total. The van der Waals surface area contributed by atoms with Crippen LogP contribution in [0.2, 0.25) is 0 Å². The van der Waals surface area contributed by atoms with Crippen molar-refractivity contribution in [2.24, 2.45) is 10.2 Å². The highest BCUT2D eigenvalue weighted by Crippen LogP contribution is 2.39. The average Bonchev–Trinajstić information content (AvgIpc) is 3.89. The summed E-state index contributed by atoms with van der Waals surface area (Å²) in [6.07, 6.45) is 0. The number of ketones is 1. The molecule has 0 aliphatic rings. The maximum Gasteiger partial charge on any atom is 0.298 e. The Kier molecular flexibility index (Phi) is 19.6. The van der Waals surface area contributed by atoms with Gasteiger partial charge in [-0.1, -0.05) is 6.07 Å². The fourth-order valence-corrected chi connectivity index (χ4v) is 9.77. The smallest absolute Gasteiger partial charge is 0.298 e. The molecule has 0 spiro atoms. The fraction of sp³-hybridized carbons (Fsp3) is 0.317. The van der Waals surface area contributed by atoms with Crippen molar-refractivity contribution >= 4 is 86.4 Å². The Morgan fingerprint density at radius 2 is 1.28 bits per heavy atom. The third-order valence-corrected chi connectivity index (χ3v) is 13.1. The van der Waals surface area contributed by atoms with Crippen molar-refractivity contribution in [2.45, 2.75) is 36.6 Å². The van der Waals surface area contributed by atoms with Crippen molar-refractivity contribution in [1.29, 1.82) is 0 Å². The number of aromatic nitrogens is 2. The van der Waals surface area contributed by atoms with E-state index >= 15 is 0 Å². The summed E-state index contributed by atoms with van der Waals surface area (Å²) >= 11 is 2.62. The van der Waals surface area contributed by atoms with E-state index in [0.717, 1.165) is 27.4 Å². The van der Waals surface area contributed by atoms with Gasteiger partial charge in [-0.15, -0.1) is 22.7 Å². The summed E-state index contributed by atoms with van der Waals surface area (Å²) < 4.78 is 73.0. The number of rotatable bonds is 18. The second kappa shape index (κ2) is 24.3. The lowest BCUT2D eigenvalue weighted by atomic mass is 10.1. The molecule has 0 fully saturated rings. The van der Waals surface area contributed by atoms with Gasteiger partial charge in [-0.2, -0.15) is 27.1 Å². The third kappa shape index (κ3) is 14.6. The molecule has 9 N–H and O–H groups in total. The number of amides is 1. The SMILES string of the molecule is COc1cc(NC(=O)C(N=Nc2ccc(-c3nc4ccc(-c5nc6ccc(C)c(S(=O)(=O)O)c6s5)cc4s3)cc2)C(C)=O)c(C)cc1S(=O)(=O)O.OCCNCCO.OCCNCCO. The zero-order valence-corrected chi connectivity index (χ0v) is 38.8. The minimum atomic E-state index is -4.59. The Morgan fingerprint density at radius 3 is 1.82 bits per heavy atom. The van der Waals surface area contributed by atoms with Gasteiger partial charge in [0.05, 0.1) is 59.7 Å². The average molecular weight is 976 g/mol. The number of aliphatic hydroxyl groups excluding tert-OH is 4. The fourth-order valence-electron chi connectivity index (χ4n) is 5.73. The van der Waals surface area contributed by atoms with E-state index in [1.165, 1.54) is 49.7 Å². The number of methoxy groups -OCH3 is 1. The number of fused-ring (bicyclic) bond motifs is 2. The molecule has 4 aromatic carbocycles. The van der Waals surface area contributed by atoms with Crippen LogP contribution in [0.4, 0.5) is 11.4 Å². The van der Waals surface area contributed by atoms with Crippen LogP contribution >= 0.6 is 22.7 Å². The Bertz CT molecular complexity index is 2820. The van der Waals surface area contributed by atoms with Gasteiger partial charge >= 0.3 is 0 Å². The Morgan fingerprint density at radius 1 is 0.723 bits per heavy atom. The molecule has 1 unspecified atom stereocenters. The van der Waals surface area contributed by atoms with E-state index in [1.807, 2.05) is 18.2 Å². The second-order valence-electron chi connectivity index (χ2n) is 13.7. The van der Waals surface area contributed by atoms with Gasteiger partial charge in [0.1, 0.15) is 25.6 Å². The molecule has 6 aromatic rings. The van der Waals surface area contributed by atoms with E-state index in [9.17, 15) is 35.5 Å². The number of thiazole rings is 2. The molecule has 0 bridgehead atoms. The quantitative estimate of drug-likeness (QED) is 0.0253. The lowest BCUT2D eigenvalue weighted by Gasteiger charge is -2.14. The van der Waals surface area contributed by atoms with Crippen molar-refractivity contribution < 1.29 is 60.7 Å². The standard InChI is InChI=1S/C33H27N5O9S4.2C4H11NO2/c1-16-5-11-23-29(30(16)51(44,45)46)49-33(36-23)20-8-12-22-26(14-20)48-32(35-22)19-6-9-21(10-7-19)37-38-28(18(3)39)31(40)34-24-15-25(47-4)27(13-17(24)2)50(41,42)43;2*6-3-1-5-2-4-7/h5-15,28H,1-4H3,(H,34,40)(H,41,42,43)(H,44,45,46);2*5-7H,1-4H2. The van der Waals surface area contributed by atoms with Crippen LogP contribution in [0.5, 0.6) is 5.75 Å². The maximum absolute atomic E-state index is 13.0. The molecule has 1 atom stereocenters. The first-order chi connectivity index (χ1) is 30.9. The van der Waals surface area contributed by atoms with Crippen LogP contribution in [-0.4, -0.2) is 134 Å². The first-order valence-corrected chi connectivity index (χ1v) is 24.0. The molecule has 0 aliphatic heterocycles. The zero-order valence-electron chi connectivity index (χ0n) is 35.5. The number of hydrogen-bond donors (Lipinski definition) is 9. The van der Waals surface area contributed by atoms with Crippen molar-refractivity contribution in [3.8, 4) is 26.9 Å². The van der Waals surface area contributed by atoms with Crippen LogP contribution in [0.25, 0.3) is 41.6 Å². The molecule has 6 rings (SSSR count). The minimum absolute atomic E-state index is 0.139. The topological polar surface area (TPSA) is 320 Å². The molecule has 1 amide bonds. The Labute approximate surface area is 382 Å². The highest BCUT2D eigenvalue weighted by molar-refractivity contribution is 7.86. The van der Waals surface area contributed by atoms with E-state index < -0.39 is 42.9 Å². The maximum atomic E-state index is 13.0. The lowest BCUT2D eigenvalue weighted by molar-refractivity contribution is -0.126. The van der Waals surface area contributed by atoms with Gasteiger partial charge in [0.25, 0.3) is 26.1 Å². The van der Waals surface area contributed by atoms with Crippen LogP contribution in [0, 0.1) is 13.8 Å². The summed E-state index contributed by atoms with van der Waals surface area (Å²) in [5.74, 6) is -1.59. The molecule has 350 valence electrons. The van der Waals surface area contributed by atoms with Crippen LogP contribution in [0.15, 0.2) is 86.7 Å². The van der Waals surface area contributed by atoms with E-state index in [2.05, 4.69) is 31.2 Å². The number of benzene rings is 4. The van der Waals surface area contributed by atoms with Gasteiger partial charge in [-0.3, -0.25) is 18.7 Å². The van der Waals surface area contributed by atoms with Crippen LogP contribution in [0.1, 0.15) is 18.1 Å². The molecule has 2 aromatic heterocycles. The highest BCUT2D eigenvalue weighted by Gasteiger charge is 2.26. The van der Waals surface area contributed by atoms with Crippen LogP contribution < -0.4 is 20.7 Å². The number of carbonyl (C=O) groups excluding carboxylic acids is 2. The molecular weight excluding hydrogens is 927 g/mol. The minimum Gasteiger partial charge on any atom is -0.495 e. The number of ether oxygens (including phenoxy) is 1. The van der Waals surface area contributed by atoms with Crippen LogP contribution in [-0.2, 0) is 29.8 Å². The van der Waals surface area contributed by atoms with Crippen molar-refractivity contribution in [2.75, 3.05) is 65.0 Å². The summed E-state index contributed by atoms with van der Waals surface area (Å²) in [6, 6.07) is 16.7. The summed E-state index contributed by atoms with van der Waals surface area (Å²) in [7, 11) is -7.82. The van der Waals surface area contributed by atoms with E-state index in [1.54, 1.807) is 43.3 Å². The molecule has 0 saturated heterocycles. The van der Waals surface area contributed by atoms with E-state index in [4.69, 9.17) is 30.1 Å². The van der Waals surface area contributed by atoms with Gasteiger partial charge in [0.15, 0.2) is 5.78 Å². The number of hydrogen-bond acceptors (Lipinski definition) is 19. The molecule has 24 heteroatoms. The molecule has 0 radical (unpaired) electrons. The third-order valence-electron chi connectivity index (χ3n) is 8.84. The number of aryl methyl sites for hydroxylation is 2. The van der Waals surface area contributed by atoms with Gasteiger partial charge in [0, 0.05) is 49.1 Å². The first kappa shape index (κ1) is 52.4. The highest BCUT2D eigenvalue weighted by atomic mass is 32.2. The number of Topliss-reactive ketones (excluding diaryl/α,β-unsaturated/α-hetero) is 1. The van der Waals surface area contributed by atoms with Gasteiger partial charge in [-0.25, -0.2) is 9.97 Å². The van der Waals surface area contributed by atoms with Gasteiger partial charge in [-0.05, 0) is 86.5 Å². The summed E-state index contributed by atoms with van der Waals surface area (Å²) in [4.78, 5) is 34.1. The molecular formula is C41H49N7O13S4. The normalized spacial score (nSPS) is 12.1. The van der Waals surface area contributed by atoms with Crippen molar-refractivity contribution in [3.05, 3.63) is 77.9 Å². The molecule has 65 heavy (non-hydrogen) atoms. The van der Waals surface area contributed by atoms with Crippen molar-refractivity contribution in [3.63, 3.8) is 0 Å². The second-order valence-corrected chi connectivity index (χ2v) is 18.5. The largest absolute Gasteiger partial charge is 0.495 e. The summed E-state index contributed by atoms with van der Waals surface area (Å²) in [5.41, 5.74) is 4.00. The molecule has 0 aliphatic carbocycles. The number of anilines is 1. The van der Waals surface area contributed by atoms with Crippen LogP contribution in [0.3, 0.4) is 0 Å². The number of azo groups is 1. The number of carbonyl (C=O) groups is 2. The van der Waals surface area contributed by atoms with Gasteiger partial charge in [0.2, 0.25) is 6.04 Å². The summed E-state index contributed by atoms with van der Waals surface area (Å²) in [5, 5.41) is 50.1. The molecule has 2 heterocycles. The predicted octanol–water partition coefficient (Wildman–Crippen LogP) is 4.16.